The summed E-state index contributed by atoms with van der Waals surface area (Å²) in [6, 6.07) is 5.70. The molecule has 0 unspecified atom stereocenters. The summed E-state index contributed by atoms with van der Waals surface area (Å²) in [5, 5.41) is 26.1. The number of anilines is 1. The molecule has 0 saturated carbocycles. The van der Waals surface area contributed by atoms with Crippen molar-refractivity contribution in [3.8, 4) is 5.75 Å². The van der Waals surface area contributed by atoms with Gasteiger partial charge in [-0.15, -0.1) is 0 Å². The van der Waals surface area contributed by atoms with Gasteiger partial charge in [-0.05, 0) is 25.5 Å². The number of nitrogens with zero attached hydrogens (tertiary/aromatic N) is 5. The summed E-state index contributed by atoms with van der Waals surface area (Å²) >= 11 is 0. The van der Waals surface area contributed by atoms with Crippen LogP contribution in [0.1, 0.15) is 23.7 Å². The van der Waals surface area contributed by atoms with Gasteiger partial charge in [-0.2, -0.15) is 0 Å². The lowest BCUT2D eigenvalue weighted by molar-refractivity contribution is -0.385. The maximum atomic E-state index is 12.1. The first-order valence-electron chi connectivity index (χ1n) is 11.5. The molecule has 1 fully saturated rings. The Hall–Kier alpha value is -4.53. The fourth-order valence-corrected chi connectivity index (χ4v) is 3.70. The number of Topliss-reactive ketones (excluding diaryl/α,β-unsaturated/α-hetero) is 1. The molecule has 1 aromatic heterocycles. The first-order valence-corrected chi connectivity index (χ1v) is 11.5. The molecule has 38 heavy (non-hydrogen) atoms. The molecule has 0 radical (unpaired) electrons. The monoisotopic (exact) mass is 535 g/mol. The van der Waals surface area contributed by atoms with E-state index in [9.17, 15) is 24.5 Å². The molecule has 206 valence electrons. The highest BCUT2D eigenvalue weighted by molar-refractivity contribution is 6.27. The van der Waals surface area contributed by atoms with Crippen molar-refractivity contribution in [1.29, 1.82) is 0 Å². The van der Waals surface area contributed by atoms with Crippen LogP contribution >= 0.6 is 0 Å². The molecule has 0 bridgehead atoms. The number of ether oxygens (including phenoxy) is 1. The quantitative estimate of drug-likeness (QED) is 0.151. The van der Waals surface area contributed by atoms with Crippen LogP contribution in [0.25, 0.3) is 0 Å². The standard InChI is InChI=1S/C21H27N5O6.C2H2O4/c1-15(27)16-5-6-18(17(13-16)26(30)31)32-12-4-7-24-8-10-25(11-9-24)19-14-20(28)23(3)21(29)22(19)2;3-1(4)2(5)6/h5-6,13-14H,4,7-12H2,1-3H3;(H,3,4)(H,5,6). The normalized spacial score (nSPS) is 13.3. The summed E-state index contributed by atoms with van der Waals surface area (Å²) < 4.78 is 8.17. The molecule has 0 atom stereocenters. The zero-order valence-corrected chi connectivity index (χ0v) is 21.2. The number of carbonyl (C=O) groups excluding carboxylic acids is 1. The van der Waals surface area contributed by atoms with Crippen LogP contribution < -0.4 is 20.9 Å². The van der Waals surface area contributed by atoms with Gasteiger partial charge in [-0.25, -0.2) is 14.4 Å². The van der Waals surface area contributed by atoms with E-state index in [0.717, 1.165) is 24.2 Å². The lowest BCUT2D eigenvalue weighted by Gasteiger charge is -2.36. The molecule has 1 saturated heterocycles. The molecular weight excluding hydrogens is 506 g/mol. The number of aliphatic carboxylic acids is 2. The average Bonchev–Trinajstić information content (AvgIpc) is 2.88. The summed E-state index contributed by atoms with van der Waals surface area (Å²) in [7, 11) is 3.11. The molecule has 1 aliphatic rings. The topological polar surface area (TPSA) is 195 Å². The van der Waals surface area contributed by atoms with Crippen molar-refractivity contribution in [2.24, 2.45) is 14.1 Å². The van der Waals surface area contributed by atoms with E-state index in [1.165, 1.54) is 42.8 Å². The van der Waals surface area contributed by atoms with E-state index in [2.05, 4.69) is 4.90 Å². The highest BCUT2D eigenvalue weighted by Crippen LogP contribution is 2.28. The number of piperazine rings is 1. The molecule has 2 heterocycles. The van der Waals surface area contributed by atoms with Crippen LogP contribution in [0.2, 0.25) is 0 Å². The average molecular weight is 536 g/mol. The van der Waals surface area contributed by atoms with Gasteiger partial charge in [-0.3, -0.25) is 33.7 Å². The predicted molar refractivity (Wildman–Crippen MR) is 134 cm³/mol. The van der Waals surface area contributed by atoms with Crippen molar-refractivity contribution in [1.82, 2.24) is 14.0 Å². The molecule has 2 N–H and O–H groups in total. The molecular formula is C23H29N5O10. The summed E-state index contributed by atoms with van der Waals surface area (Å²) in [6.07, 6.45) is 0.677. The largest absolute Gasteiger partial charge is 0.487 e. The van der Waals surface area contributed by atoms with Crippen molar-refractivity contribution in [2.75, 3.05) is 44.2 Å². The Morgan fingerprint density at radius 2 is 1.61 bits per heavy atom. The van der Waals surface area contributed by atoms with Crippen molar-refractivity contribution in [3.05, 3.63) is 60.8 Å². The minimum Gasteiger partial charge on any atom is -0.487 e. The number of carboxylic acids is 2. The summed E-state index contributed by atoms with van der Waals surface area (Å²) in [6.45, 7) is 5.30. The lowest BCUT2D eigenvalue weighted by atomic mass is 10.1. The molecule has 0 amide bonds. The van der Waals surface area contributed by atoms with Gasteiger partial charge < -0.3 is 19.8 Å². The molecule has 15 heteroatoms. The number of nitro benzene ring substituents is 1. The second-order valence-electron chi connectivity index (χ2n) is 8.38. The number of rotatable bonds is 8. The number of nitro groups is 1. The van der Waals surface area contributed by atoms with Crippen LogP contribution in [0.4, 0.5) is 11.5 Å². The maximum absolute atomic E-state index is 12.1. The number of ketones is 1. The zero-order chi connectivity index (χ0) is 28.6. The van der Waals surface area contributed by atoms with Gasteiger partial charge in [0.05, 0.1) is 11.5 Å². The van der Waals surface area contributed by atoms with Crippen LogP contribution in [0.5, 0.6) is 5.75 Å². The predicted octanol–water partition coefficient (Wildman–Crippen LogP) is -0.0585. The Bertz CT molecular complexity index is 1310. The molecule has 1 aliphatic heterocycles. The Morgan fingerprint density at radius 1 is 1.00 bits per heavy atom. The Labute approximate surface area is 216 Å². The van der Waals surface area contributed by atoms with E-state index in [0.29, 0.717) is 31.9 Å². The molecule has 15 nitrogen and oxygen atoms in total. The molecule has 1 aromatic carbocycles. The van der Waals surface area contributed by atoms with E-state index in [-0.39, 0.29) is 34.0 Å². The Kier molecular flexibility index (Phi) is 10.3. The lowest BCUT2D eigenvalue weighted by Crippen LogP contribution is -2.49. The van der Waals surface area contributed by atoms with Crippen molar-refractivity contribution >= 4 is 29.2 Å². The third-order valence-electron chi connectivity index (χ3n) is 5.82. The minimum atomic E-state index is -1.82. The number of hydrogen-bond donors (Lipinski definition) is 2. The van der Waals surface area contributed by atoms with Gasteiger partial charge in [0.1, 0.15) is 5.82 Å². The third-order valence-corrected chi connectivity index (χ3v) is 5.82. The van der Waals surface area contributed by atoms with Gasteiger partial charge in [-0.1, -0.05) is 0 Å². The van der Waals surface area contributed by atoms with Crippen LogP contribution in [0, 0.1) is 10.1 Å². The van der Waals surface area contributed by atoms with Gasteiger partial charge in [0.15, 0.2) is 11.5 Å². The summed E-state index contributed by atoms with van der Waals surface area (Å²) in [5.41, 5.74) is -0.618. The van der Waals surface area contributed by atoms with E-state index in [4.69, 9.17) is 24.5 Å². The number of aromatic nitrogens is 2. The first-order chi connectivity index (χ1) is 17.8. The number of carboxylic acid groups (broad SMARTS) is 2. The molecule has 0 aliphatic carbocycles. The highest BCUT2D eigenvalue weighted by Gasteiger charge is 2.21. The second-order valence-corrected chi connectivity index (χ2v) is 8.38. The fraction of sp³-hybridized carbons (Fsp3) is 0.435. The first kappa shape index (κ1) is 29.7. The molecule has 3 rings (SSSR count). The Morgan fingerprint density at radius 3 is 2.13 bits per heavy atom. The minimum absolute atomic E-state index is 0.149. The Balaban J connectivity index is 0.000000757. The van der Waals surface area contributed by atoms with Gasteiger partial charge in [0.2, 0.25) is 0 Å². The zero-order valence-electron chi connectivity index (χ0n) is 21.2. The van der Waals surface area contributed by atoms with Gasteiger partial charge in [0.25, 0.3) is 5.56 Å². The molecule has 0 spiro atoms. The van der Waals surface area contributed by atoms with Gasteiger partial charge >= 0.3 is 23.3 Å². The van der Waals surface area contributed by atoms with E-state index >= 15 is 0 Å². The summed E-state index contributed by atoms with van der Waals surface area (Å²) in [4.78, 5) is 68.7. The summed E-state index contributed by atoms with van der Waals surface area (Å²) in [5.74, 6) is -3.13. The highest BCUT2D eigenvalue weighted by atomic mass is 16.6. The van der Waals surface area contributed by atoms with Crippen LogP contribution in [0.15, 0.2) is 33.9 Å². The van der Waals surface area contributed by atoms with Crippen LogP contribution in [-0.2, 0) is 23.7 Å². The number of hydrogen-bond acceptors (Lipinski definition) is 10. The van der Waals surface area contributed by atoms with Crippen molar-refractivity contribution < 1.29 is 34.3 Å². The van der Waals surface area contributed by atoms with Crippen molar-refractivity contribution in [3.63, 3.8) is 0 Å². The maximum Gasteiger partial charge on any atom is 0.414 e. The third kappa shape index (κ3) is 7.73. The SMILES string of the molecule is CC(=O)c1ccc(OCCCN2CCN(c3cc(=O)n(C)c(=O)n3C)CC2)c([N+](=O)[O-])c1.O=C(O)C(=O)O. The smallest absolute Gasteiger partial charge is 0.414 e. The molecule has 2 aromatic rings. The van der Waals surface area contributed by atoms with E-state index in [1.807, 2.05) is 4.90 Å². The van der Waals surface area contributed by atoms with Gasteiger partial charge in [0, 0.05) is 64.5 Å². The van der Waals surface area contributed by atoms with E-state index < -0.39 is 16.9 Å². The van der Waals surface area contributed by atoms with Crippen molar-refractivity contribution in [2.45, 2.75) is 13.3 Å². The second kappa shape index (κ2) is 13.1. The number of benzene rings is 1. The van der Waals surface area contributed by atoms with Crippen LogP contribution in [0.3, 0.4) is 0 Å². The van der Waals surface area contributed by atoms with E-state index in [1.54, 1.807) is 7.05 Å². The number of carbonyl (C=O) groups is 3. The van der Waals surface area contributed by atoms with Crippen LogP contribution in [-0.4, -0.2) is 86.2 Å². The fourth-order valence-electron chi connectivity index (χ4n) is 3.70.